The normalized spacial score (nSPS) is 10.7. The summed E-state index contributed by atoms with van der Waals surface area (Å²) >= 11 is 13.8. The van der Waals surface area contributed by atoms with Gasteiger partial charge >= 0.3 is 0 Å². The number of hydrogen-bond donors (Lipinski definition) is 0. The monoisotopic (exact) mass is 522 g/mol. The minimum atomic E-state index is 0.0176. The van der Waals surface area contributed by atoms with Gasteiger partial charge in [-0.2, -0.15) is 0 Å². The largest absolute Gasteiger partial charge is 0.289 e. The Balaban J connectivity index is 2.64. The summed E-state index contributed by atoms with van der Waals surface area (Å²) in [7, 11) is 0. The van der Waals surface area contributed by atoms with Gasteiger partial charge in [-0.3, -0.25) is 4.79 Å². The highest BCUT2D eigenvalue weighted by Crippen LogP contribution is 2.31. The van der Waals surface area contributed by atoms with Crippen molar-refractivity contribution in [3.05, 3.63) is 64.4 Å². The lowest BCUT2D eigenvalue weighted by Gasteiger charge is -2.11. The van der Waals surface area contributed by atoms with Gasteiger partial charge in [0.15, 0.2) is 5.78 Å². The maximum absolute atomic E-state index is 12.8. The van der Waals surface area contributed by atoms with E-state index >= 15 is 0 Å². The molecule has 0 aliphatic heterocycles. The molecular formula is C15H10Br4O. The van der Waals surface area contributed by atoms with E-state index in [2.05, 4.69) is 63.7 Å². The molecule has 0 atom stereocenters. The van der Waals surface area contributed by atoms with E-state index in [1.807, 2.05) is 38.1 Å². The summed E-state index contributed by atoms with van der Waals surface area (Å²) in [6.07, 6.45) is 0. The Labute approximate surface area is 151 Å². The standard InChI is InChI=1S/C15H10Br4O/c1-7-11(3-9(16)5-13(7)18)15(20)12-4-10(17)6-14(19)8(12)2/h3-6H,1-2H3. The van der Waals surface area contributed by atoms with Crippen LogP contribution in [0.4, 0.5) is 0 Å². The second-order valence-corrected chi connectivity index (χ2v) is 7.99. The van der Waals surface area contributed by atoms with Gasteiger partial charge in [0.25, 0.3) is 0 Å². The third-order valence-corrected chi connectivity index (χ3v) is 5.67. The van der Waals surface area contributed by atoms with Crippen molar-refractivity contribution in [3.63, 3.8) is 0 Å². The third-order valence-electron chi connectivity index (χ3n) is 3.11. The van der Waals surface area contributed by atoms with Gasteiger partial charge in [0.1, 0.15) is 0 Å². The summed E-state index contributed by atoms with van der Waals surface area (Å²) < 4.78 is 3.60. The zero-order valence-electron chi connectivity index (χ0n) is 10.7. The molecule has 0 spiro atoms. The van der Waals surface area contributed by atoms with Gasteiger partial charge in [-0.15, -0.1) is 0 Å². The number of halogens is 4. The Morgan fingerprint density at radius 2 is 1.10 bits per heavy atom. The molecule has 0 aromatic heterocycles. The van der Waals surface area contributed by atoms with Crippen molar-refractivity contribution in [1.29, 1.82) is 0 Å². The van der Waals surface area contributed by atoms with E-state index in [0.29, 0.717) is 11.1 Å². The van der Waals surface area contributed by atoms with Gasteiger partial charge in [-0.25, -0.2) is 0 Å². The topological polar surface area (TPSA) is 17.1 Å². The van der Waals surface area contributed by atoms with E-state index in [0.717, 1.165) is 29.0 Å². The molecule has 0 N–H and O–H groups in total. The van der Waals surface area contributed by atoms with Crippen LogP contribution in [0.3, 0.4) is 0 Å². The summed E-state index contributed by atoms with van der Waals surface area (Å²) in [4.78, 5) is 12.8. The Morgan fingerprint density at radius 3 is 1.45 bits per heavy atom. The average Bonchev–Trinajstić information content (AvgIpc) is 2.37. The van der Waals surface area contributed by atoms with Gasteiger partial charge in [0.2, 0.25) is 0 Å². The molecule has 0 amide bonds. The Hall–Kier alpha value is 0.0300. The molecule has 20 heavy (non-hydrogen) atoms. The molecule has 0 fully saturated rings. The van der Waals surface area contributed by atoms with Crippen molar-refractivity contribution in [2.75, 3.05) is 0 Å². The Kier molecular flexibility index (Phi) is 5.27. The highest BCUT2D eigenvalue weighted by Gasteiger charge is 2.18. The van der Waals surface area contributed by atoms with Gasteiger partial charge in [-0.05, 0) is 49.2 Å². The van der Waals surface area contributed by atoms with E-state index in [9.17, 15) is 4.79 Å². The first kappa shape index (κ1) is 16.4. The Bertz CT molecular complexity index is 648. The second-order valence-electron chi connectivity index (χ2n) is 4.45. The molecule has 0 aliphatic rings. The van der Waals surface area contributed by atoms with Crippen LogP contribution >= 0.6 is 63.7 Å². The maximum Gasteiger partial charge on any atom is 0.193 e. The molecule has 0 bridgehead atoms. The molecule has 1 nitrogen and oxygen atoms in total. The predicted molar refractivity (Wildman–Crippen MR) is 96.6 cm³/mol. The van der Waals surface area contributed by atoms with Gasteiger partial charge in [-0.1, -0.05) is 63.7 Å². The fourth-order valence-electron chi connectivity index (χ4n) is 1.91. The van der Waals surface area contributed by atoms with Crippen LogP contribution < -0.4 is 0 Å². The van der Waals surface area contributed by atoms with Crippen molar-refractivity contribution < 1.29 is 4.79 Å². The van der Waals surface area contributed by atoms with E-state index in [1.54, 1.807) is 0 Å². The number of benzene rings is 2. The highest BCUT2D eigenvalue weighted by molar-refractivity contribution is 9.11. The molecule has 0 saturated heterocycles. The van der Waals surface area contributed by atoms with Crippen LogP contribution in [-0.2, 0) is 0 Å². The van der Waals surface area contributed by atoms with Gasteiger partial charge < -0.3 is 0 Å². The molecule has 0 radical (unpaired) electrons. The van der Waals surface area contributed by atoms with Gasteiger partial charge in [0, 0.05) is 29.0 Å². The molecule has 5 heteroatoms. The Morgan fingerprint density at radius 1 is 0.750 bits per heavy atom. The third kappa shape index (κ3) is 3.26. The lowest BCUT2D eigenvalue weighted by atomic mass is 9.96. The highest BCUT2D eigenvalue weighted by atomic mass is 79.9. The second kappa shape index (κ2) is 6.42. The first-order chi connectivity index (χ1) is 9.31. The zero-order valence-corrected chi connectivity index (χ0v) is 17.1. The SMILES string of the molecule is Cc1c(Br)cc(Br)cc1C(=O)c1cc(Br)cc(Br)c1C. The van der Waals surface area contributed by atoms with Crippen LogP contribution in [0, 0.1) is 13.8 Å². The van der Waals surface area contributed by atoms with Crippen molar-refractivity contribution in [2.45, 2.75) is 13.8 Å². The first-order valence-electron chi connectivity index (χ1n) is 5.77. The van der Waals surface area contributed by atoms with Crippen LogP contribution in [0.15, 0.2) is 42.2 Å². The molecule has 0 saturated carbocycles. The number of rotatable bonds is 2. The number of carbonyl (C=O) groups is 1. The van der Waals surface area contributed by atoms with Crippen molar-refractivity contribution >= 4 is 69.5 Å². The van der Waals surface area contributed by atoms with Crippen LogP contribution in [0.1, 0.15) is 27.0 Å². The maximum atomic E-state index is 12.8. The van der Waals surface area contributed by atoms with Crippen LogP contribution in [0.5, 0.6) is 0 Å². The van der Waals surface area contributed by atoms with Crippen LogP contribution in [-0.4, -0.2) is 5.78 Å². The summed E-state index contributed by atoms with van der Waals surface area (Å²) in [5, 5.41) is 0. The fraction of sp³-hybridized carbons (Fsp3) is 0.133. The van der Waals surface area contributed by atoms with Crippen molar-refractivity contribution in [2.24, 2.45) is 0 Å². The summed E-state index contributed by atoms with van der Waals surface area (Å²) in [5.74, 6) is 0.0176. The molecular weight excluding hydrogens is 516 g/mol. The molecule has 2 aromatic carbocycles. The minimum absolute atomic E-state index is 0.0176. The predicted octanol–water partition coefficient (Wildman–Crippen LogP) is 6.58. The van der Waals surface area contributed by atoms with Crippen molar-refractivity contribution in [3.8, 4) is 0 Å². The quantitative estimate of drug-likeness (QED) is 0.405. The lowest BCUT2D eigenvalue weighted by molar-refractivity contribution is 0.103. The lowest BCUT2D eigenvalue weighted by Crippen LogP contribution is -2.07. The molecule has 0 aliphatic carbocycles. The molecule has 2 aromatic rings. The van der Waals surface area contributed by atoms with E-state index in [-0.39, 0.29) is 5.78 Å². The zero-order chi connectivity index (χ0) is 15.0. The number of hydrogen-bond acceptors (Lipinski definition) is 1. The van der Waals surface area contributed by atoms with Gasteiger partial charge in [0.05, 0.1) is 0 Å². The van der Waals surface area contributed by atoms with Crippen LogP contribution in [0.2, 0.25) is 0 Å². The molecule has 104 valence electrons. The smallest absolute Gasteiger partial charge is 0.193 e. The van der Waals surface area contributed by atoms with E-state index < -0.39 is 0 Å². The van der Waals surface area contributed by atoms with E-state index in [4.69, 9.17) is 0 Å². The number of ketones is 1. The van der Waals surface area contributed by atoms with Crippen molar-refractivity contribution in [1.82, 2.24) is 0 Å². The molecule has 0 heterocycles. The fourth-order valence-corrected chi connectivity index (χ4v) is 4.36. The summed E-state index contributed by atoms with van der Waals surface area (Å²) in [5.41, 5.74) is 3.26. The number of carbonyl (C=O) groups excluding carboxylic acids is 1. The molecule has 0 unspecified atom stereocenters. The van der Waals surface area contributed by atoms with Crippen LogP contribution in [0.25, 0.3) is 0 Å². The molecule has 2 rings (SSSR count). The summed E-state index contributed by atoms with van der Waals surface area (Å²) in [6, 6.07) is 7.60. The van der Waals surface area contributed by atoms with E-state index in [1.165, 1.54) is 0 Å². The first-order valence-corrected chi connectivity index (χ1v) is 8.94. The summed E-state index contributed by atoms with van der Waals surface area (Å²) in [6.45, 7) is 3.87. The minimum Gasteiger partial charge on any atom is -0.289 e. The average molecular weight is 526 g/mol.